The number of hydrogen-bond acceptors (Lipinski definition) is 3. The number of nitrogens with one attached hydrogen (secondary N) is 1. The molecular formula is C24H30BrN3O2. The standard InChI is InChI=1S/C24H30BrN3O2/c1-30-22-7-8-23(25)20(14-22)13-19-9-11-27(15-19)17-21-10-12-28(24(29)26-21)16-18-5-3-2-4-6-18/h2-8,14,19,21H,9-13,15-17H2,1H3,(H,26,29). The molecule has 0 spiro atoms. The zero-order chi connectivity index (χ0) is 20.9. The summed E-state index contributed by atoms with van der Waals surface area (Å²) in [7, 11) is 1.71. The van der Waals surface area contributed by atoms with Crippen molar-refractivity contribution >= 4 is 22.0 Å². The van der Waals surface area contributed by atoms with Gasteiger partial charge in [-0.1, -0.05) is 46.3 Å². The Kier molecular flexibility index (Phi) is 6.95. The summed E-state index contributed by atoms with van der Waals surface area (Å²) < 4.78 is 6.53. The molecule has 1 N–H and O–H groups in total. The Bertz CT molecular complexity index is 861. The van der Waals surface area contributed by atoms with Crippen LogP contribution in [0.4, 0.5) is 4.79 Å². The molecule has 2 aromatic rings. The van der Waals surface area contributed by atoms with E-state index in [-0.39, 0.29) is 12.1 Å². The van der Waals surface area contributed by atoms with E-state index in [4.69, 9.17) is 4.74 Å². The van der Waals surface area contributed by atoms with Gasteiger partial charge in [-0.05, 0) is 61.1 Å². The van der Waals surface area contributed by atoms with Crippen molar-refractivity contribution in [3.8, 4) is 5.75 Å². The molecule has 5 nitrogen and oxygen atoms in total. The highest BCUT2D eigenvalue weighted by molar-refractivity contribution is 9.10. The first-order chi connectivity index (χ1) is 14.6. The Balaban J connectivity index is 1.25. The summed E-state index contributed by atoms with van der Waals surface area (Å²) in [5.74, 6) is 1.55. The van der Waals surface area contributed by atoms with Crippen molar-refractivity contribution < 1.29 is 9.53 Å². The summed E-state index contributed by atoms with van der Waals surface area (Å²) in [6, 6.07) is 16.7. The topological polar surface area (TPSA) is 44.8 Å². The average Bonchev–Trinajstić information content (AvgIpc) is 3.19. The smallest absolute Gasteiger partial charge is 0.317 e. The van der Waals surface area contributed by atoms with E-state index in [2.05, 4.69) is 50.4 Å². The van der Waals surface area contributed by atoms with Crippen molar-refractivity contribution in [3.05, 3.63) is 64.1 Å². The van der Waals surface area contributed by atoms with Gasteiger partial charge in [-0.2, -0.15) is 0 Å². The minimum absolute atomic E-state index is 0.0613. The molecule has 0 bridgehead atoms. The maximum absolute atomic E-state index is 12.6. The number of likely N-dealkylation sites (tertiary alicyclic amines) is 1. The van der Waals surface area contributed by atoms with Crippen LogP contribution in [-0.2, 0) is 13.0 Å². The molecule has 0 aromatic heterocycles. The van der Waals surface area contributed by atoms with Crippen LogP contribution in [0, 0.1) is 5.92 Å². The lowest BCUT2D eigenvalue weighted by atomic mass is 9.98. The van der Waals surface area contributed by atoms with Crippen molar-refractivity contribution in [1.82, 2.24) is 15.1 Å². The van der Waals surface area contributed by atoms with Gasteiger partial charge in [0, 0.05) is 36.7 Å². The van der Waals surface area contributed by atoms with Crippen LogP contribution in [0.25, 0.3) is 0 Å². The molecule has 160 valence electrons. The molecule has 2 aromatic carbocycles. The lowest BCUT2D eigenvalue weighted by Crippen LogP contribution is -2.54. The van der Waals surface area contributed by atoms with E-state index >= 15 is 0 Å². The highest BCUT2D eigenvalue weighted by Gasteiger charge is 2.29. The molecule has 2 fully saturated rings. The number of halogens is 1. The van der Waals surface area contributed by atoms with Crippen molar-refractivity contribution in [2.75, 3.05) is 33.3 Å². The Morgan fingerprint density at radius 3 is 2.73 bits per heavy atom. The first-order valence-electron chi connectivity index (χ1n) is 10.7. The lowest BCUT2D eigenvalue weighted by Gasteiger charge is -2.35. The van der Waals surface area contributed by atoms with Crippen LogP contribution < -0.4 is 10.1 Å². The third kappa shape index (κ3) is 5.35. The number of hydrogen-bond donors (Lipinski definition) is 1. The number of ether oxygens (including phenoxy) is 1. The first-order valence-corrected chi connectivity index (χ1v) is 11.5. The lowest BCUT2D eigenvalue weighted by molar-refractivity contribution is 0.160. The maximum atomic E-state index is 12.6. The third-order valence-corrected chi connectivity index (χ3v) is 6.96. The second kappa shape index (κ2) is 9.84. The van der Waals surface area contributed by atoms with Crippen LogP contribution in [0.5, 0.6) is 5.75 Å². The van der Waals surface area contributed by atoms with Gasteiger partial charge in [-0.25, -0.2) is 4.79 Å². The molecule has 2 saturated heterocycles. The summed E-state index contributed by atoms with van der Waals surface area (Å²) in [6.07, 6.45) is 3.25. The minimum atomic E-state index is 0.0613. The fraction of sp³-hybridized carbons (Fsp3) is 0.458. The van der Waals surface area contributed by atoms with Gasteiger partial charge in [-0.3, -0.25) is 0 Å². The second-order valence-corrected chi connectivity index (χ2v) is 9.27. The van der Waals surface area contributed by atoms with Crippen molar-refractivity contribution in [3.63, 3.8) is 0 Å². The summed E-state index contributed by atoms with van der Waals surface area (Å²) in [6.45, 7) is 4.64. The fourth-order valence-electron chi connectivity index (χ4n) is 4.55. The Morgan fingerprint density at radius 1 is 1.13 bits per heavy atom. The van der Waals surface area contributed by atoms with Gasteiger partial charge in [0.15, 0.2) is 0 Å². The van der Waals surface area contributed by atoms with Gasteiger partial charge >= 0.3 is 6.03 Å². The molecule has 2 amide bonds. The Hall–Kier alpha value is -2.05. The highest BCUT2D eigenvalue weighted by atomic mass is 79.9. The zero-order valence-corrected chi connectivity index (χ0v) is 19.1. The van der Waals surface area contributed by atoms with E-state index < -0.39 is 0 Å². The predicted molar refractivity (Wildman–Crippen MR) is 123 cm³/mol. The molecule has 4 rings (SSSR count). The average molecular weight is 472 g/mol. The van der Waals surface area contributed by atoms with Crippen LogP contribution in [-0.4, -0.2) is 55.2 Å². The number of nitrogens with zero attached hydrogens (tertiary/aromatic N) is 2. The molecule has 2 heterocycles. The van der Waals surface area contributed by atoms with Gasteiger partial charge < -0.3 is 19.9 Å². The quantitative estimate of drug-likeness (QED) is 0.654. The molecule has 0 aliphatic carbocycles. The molecule has 2 unspecified atom stereocenters. The van der Waals surface area contributed by atoms with Gasteiger partial charge in [0.05, 0.1) is 7.11 Å². The van der Waals surface area contributed by atoms with E-state index in [1.807, 2.05) is 29.2 Å². The van der Waals surface area contributed by atoms with E-state index in [0.717, 1.165) is 49.2 Å². The SMILES string of the molecule is COc1ccc(Br)c(CC2CCN(CC3CCN(Cc4ccccc4)C(=O)N3)C2)c1. The molecule has 2 aliphatic rings. The van der Waals surface area contributed by atoms with Crippen LogP contribution in [0.1, 0.15) is 24.0 Å². The summed E-state index contributed by atoms with van der Waals surface area (Å²) in [4.78, 5) is 17.0. The van der Waals surface area contributed by atoms with Gasteiger partial charge in [0.2, 0.25) is 0 Å². The largest absolute Gasteiger partial charge is 0.497 e. The van der Waals surface area contributed by atoms with E-state index in [1.54, 1.807) is 7.11 Å². The van der Waals surface area contributed by atoms with E-state index in [1.165, 1.54) is 17.5 Å². The fourth-order valence-corrected chi connectivity index (χ4v) is 4.95. The molecule has 2 atom stereocenters. The Morgan fingerprint density at radius 2 is 1.97 bits per heavy atom. The number of urea groups is 1. The monoisotopic (exact) mass is 471 g/mol. The van der Waals surface area contributed by atoms with Crippen LogP contribution in [0.3, 0.4) is 0 Å². The van der Waals surface area contributed by atoms with Gasteiger partial charge in [0.25, 0.3) is 0 Å². The number of carbonyl (C=O) groups is 1. The van der Waals surface area contributed by atoms with Gasteiger partial charge in [0.1, 0.15) is 5.75 Å². The van der Waals surface area contributed by atoms with Crippen LogP contribution in [0.15, 0.2) is 53.0 Å². The van der Waals surface area contributed by atoms with Gasteiger partial charge in [-0.15, -0.1) is 0 Å². The summed E-state index contributed by atoms with van der Waals surface area (Å²) >= 11 is 3.68. The number of amides is 2. The molecule has 30 heavy (non-hydrogen) atoms. The summed E-state index contributed by atoms with van der Waals surface area (Å²) in [5, 5.41) is 3.22. The van der Waals surface area contributed by atoms with E-state index in [9.17, 15) is 4.79 Å². The molecular weight excluding hydrogens is 442 g/mol. The maximum Gasteiger partial charge on any atom is 0.317 e. The van der Waals surface area contributed by atoms with Crippen molar-refractivity contribution in [1.29, 1.82) is 0 Å². The number of carbonyl (C=O) groups excluding carboxylic acids is 1. The molecule has 0 radical (unpaired) electrons. The third-order valence-electron chi connectivity index (χ3n) is 6.19. The first kappa shape index (κ1) is 21.2. The number of benzene rings is 2. The van der Waals surface area contributed by atoms with Crippen molar-refractivity contribution in [2.24, 2.45) is 5.92 Å². The Labute approximate surface area is 187 Å². The second-order valence-electron chi connectivity index (χ2n) is 8.42. The molecule has 2 aliphatic heterocycles. The van der Waals surface area contributed by atoms with Crippen molar-refractivity contribution in [2.45, 2.75) is 31.8 Å². The number of methoxy groups -OCH3 is 1. The van der Waals surface area contributed by atoms with Crippen LogP contribution in [0.2, 0.25) is 0 Å². The molecule has 6 heteroatoms. The number of rotatable bonds is 7. The predicted octanol–water partition coefficient (Wildman–Crippen LogP) is 4.31. The highest BCUT2D eigenvalue weighted by Crippen LogP contribution is 2.28. The van der Waals surface area contributed by atoms with Crippen LogP contribution >= 0.6 is 15.9 Å². The van der Waals surface area contributed by atoms with E-state index in [0.29, 0.717) is 12.5 Å². The minimum Gasteiger partial charge on any atom is -0.497 e. The summed E-state index contributed by atoms with van der Waals surface area (Å²) in [5.41, 5.74) is 2.49. The zero-order valence-electron chi connectivity index (χ0n) is 17.5. The normalized spacial score (nSPS) is 22.2. The molecule has 0 saturated carbocycles.